The number of carboxylic acids is 1. The molecule has 13 nitrogen and oxygen atoms in total. The second kappa shape index (κ2) is 23.7. The van der Waals surface area contributed by atoms with Crippen LogP contribution in [0.1, 0.15) is 104 Å². The van der Waals surface area contributed by atoms with Crippen LogP contribution in [-0.2, 0) is 19.8 Å². The largest absolute Gasteiger partial charge is 0.508 e. The van der Waals surface area contributed by atoms with Crippen molar-refractivity contribution >= 4 is 92.8 Å². The number of carboxylic acid groups (broad SMARTS) is 1. The molecule has 1 aliphatic rings. The minimum Gasteiger partial charge on any atom is -0.508 e. The summed E-state index contributed by atoms with van der Waals surface area (Å²) < 4.78 is 11.6. The average Bonchev–Trinajstić information content (AvgIpc) is 3.53. The predicted molar refractivity (Wildman–Crippen MR) is 256 cm³/mol. The number of amides is 2. The van der Waals surface area contributed by atoms with E-state index in [4.69, 9.17) is 61.0 Å². The van der Waals surface area contributed by atoms with Crippen LogP contribution in [0.2, 0.25) is 20.1 Å². The van der Waals surface area contributed by atoms with Crippen LogP contribution >= 0.6 is 46.4 Å². The summed E-state index contributed by atoms with van der Waals surface area (Å²) in [7, 11) is 0. The van der Waals surface area contributed by atoms with Gasteiger partial charge >= 0.3 is 5.97 Å². The average molecular weight is 957 g/mol. The zero-order chi connectivity index (χ0) is 46.4. The molecule has 0 bridgehead atoms. The van der Waals surface area contributed by atoms with E-state index in [2.05, 4.69) is 32.9 Å². The lowest BCUT2D eigenvalue weighted by Crippen LogP contribution is -2.33. The molecule has 1 aliphatic heterocycles. The summed E-state index contributed by atoms with van der Waals surface area (Å²) in [4.78, 5) is 39.0. The number of nitrogens with one attached hydrogen (secondary N) is 2. The molecule has 342 valence electrons. The quantitative estimate of drug-likeness (QED) is 0.0445. The Morgan fingerprint density at radius 3 is 2.08 bits per heavy atom. The standard InChI is InChI=1S/C47H54Cl4N6O7/c1-5-6-7-8-9-10-11-12-13-14-15-40(64-33-21-23-39(58)34(27-33)47(2,3)4)45(61)52-31-18-22-35(49)38(26-31)53-44-42(55-54-30-16-19-32(20-17-30)63-28-41(59)60)46(62)57(56-44)43-36(50)24-29(48)25-37(43)51/h16-27,40,42,58H,5-15,28H2,1-4H3,(H,52,61)(H,53,56)(H,59,60). The summed E-state index contributed by atoms with van der Waals surface area (Å²) in [5, 5.41) is 40.3. The number of benzene rings is 4. The van der Waals surface area contributed by atoms with Gasteiger partial charge in [-0.2, -0.15) is 15.2 Å². The van der Waals surface area contributed by atoms with Gasteiger partial charge in [-0.25, -0.2) is 4.79 Å². The van der Waals surface area contributed by atoms with Crippen LogP contribution in [0.5, 0.6) is 17.2 Å². The van der Waals surface area contributed by atoms with Crippen molar-refractivity contribution < 1.29 is 34.1 Å². The van der Waals surface area contributed by atoms with Crippen molar-refractivity contribution in [3.05, 3.63) is 98.5 Å². The van der Waals surface area contributed by atoms with Gasteiger partial charge in [0.05, 0.1) is 26.4 Å². The van der Waals surface area contributed by atoms with E-state index < -0.39 is 30.6 Å². The highest BCUT2D eigenvalue weighted by Crippen LogP contribution is 2.40. The van der Waals surface area contributed by atoms with Crippen LogP contribution in [0.15, 0.2) is 88.1 Å². The highest BCUT2D eigenvalue weighted by molar-refractivity contribution is 6.43. The van der Waals surface area contributed by atoms with Crippen LogP contribution in [0.3, 0.4) is 0 Å². The lowest BCUT2D eigenvalue weighted by molar-refractivity contribution is -0.139. The first kappa shape index (κ1) is 49.9. The number of azo groups is 1. The molecule has 4 aromatic rings. The summed E-state index contributed by atoms with van der Waals surface area (Å²) in [5.41, 5.74) is 1.39. The highest BCUT2D eigenvalue weighted by atomic mass is 35.5. The second-order valence-corrected chi connectivity index (χ2v) is 18.1. The summed E-state index contributed by atoms with van der Waals surface area (Å²) in [5.74, 6) is -1.25. The third-order valence-electron chi connectivity index (χ3n) is 10.3. The molecule has 0 spiro atoms. The summed E-state index contributed by atoms with van der Waals surface area (Å²) in [6.45, 7) is 7.67. The van der Waals surface area contributed by atoms with Gasteiger partial charge < -0.3 is 30.3 Å². The Morgan fingerprint density at radius 2 is 1.45 bits per heavy atom. The van der Waals surface area contributed by atoms with Crippen LogP contribution < -0.4 is 25.1 Å². The van der Waals surface area contributed by atoms with E-state index in [1.165, 1.54) is 74.9 Å². The number of nitrogens with zero attached hydrogens (tertiary/aromatic N) is 4. The molecular weight excluding hydrogens is 902 g/mol. The number of rotatable bonds is 22. The Labute approximate surface area is 394 Å². The number of aliphatic carboxylic acids is 1. The Bertz CT molecular complexity index is 2300. The van der Waals surface area contributed by atoms with Crippen LogP contribution in [0, 0.1) is 0 Å². The first-order chi connectivity index (χ1) is 30.5. The summed E-state index contributed by atoms with van der Waals surface area (Å²) in [6, 6.07) is 17.4. The smallest absolute Gasteiger partial charge is 0.341 e. The van der Waals surface area contributed by atoms with Gasteiger partial charge in [-0.3, -0.25) is 9.59 Å². The second-order valence-electron chi connectivity index (χ2n) is 16.5. The lowest BCUT2D eigenvalue weighted by Gasteiger charge is -2.23. The number of aromatic hydroxyl groups is 1. The lowest BCUT2D eigenvalue weighted by atomic mass is 9.86. The molecule has 4 N–H and O–H groups in total. The maximum Gasteiger partial charge on any atom is 0.341 e. The summed E-state index contributed by atoms with van der Waals surface area (Å²) >= 11 is 25.9. The number of phenolic OH excluding ortho intramolecular Hbond substituents is 1. The number of phenols is 1. The molecule has 2 unspecified atom stereocenters. The zero-order valence-electron chi connectivity index (χ0n) is 36.3. The molecule has 5 rings (SSSR count). The van der Waals surface area contributed by atoms with Gasteiger partial charge in [-0.05, 0) is 91.1 Å². The highest BCUT2D eigenvalue weighted by Gasteiger charge is 2.40. The molecular formula is C47H54Cl4N6O7. The van der Waals surface area contributed by atoms with Crippen LogP contribution in [-0.4, -0.2) is 52.6 Å². The van der Waals surface area contributed by atoms with E-state index in [1.54, 1.807) is 36.4 Å². The predicted octanol–water partition coefficient (Wildman–Crippen LogP) is 13.4. The van der Waals surface area contributed by atoms with Gasteiger partial charge in [0.2, 0.25) is 6.04 Å². The molecule has 0 aromatic heterocycles. The van der Waals surface area contributed by atoms with E-state index in [9.17, 15) is 19.5 Å². The fourth-order valence-electron chi connectivity index (χ4n) is 6.89. The third kappa shape index (κ3) is 14.5. The van der Waals surface area contributed by atoms with Gasteiger partial charge in [0.1, 0.15) is 22.9 Å². The van der Waals surface area contributed by atoms with Crippen molar-refractivity contribution in [2.45, 2.75) is 116 Å². The normalized spacial score (nSPS) is 14.4. The van der Waals surface area contributed by atoms with Crippen molar-refractivity contribution in [3.63, 3.8) is 0 Å². The Morgan fingerprint density at radius 1 is 0.828 bits per heavy atom. The minimum absolute atomic E-state index is 0.00627. The van der Waals surface area contributed by atoms with E-state index in [1.807, 2.05) is 20.8 Å². The van der Waals surface area contributed by atoms with Gasteiger partial charge in [0.25, 0.3) is 11.8 Å². The molecule has 0 radical (unpaired) electrons. The Balaban J connectivity index is 1.37. The molecule has 0 saturated heterocycles. The van der Waals surface area contributed by atoms with Gasteiger partial charge in [0.15, 0.2) is 18.5 Å². The molecule has 2 amide bonds. The number of halogens is 4. The molecule has 0 aliphatic carbocycles. The zero-order valence-corrected chi connectivity index (χ0v) is 39.3. The van der Waals surface area contributed by atoms with E-state index >= 15 is 0 Å². The summed E-state index contributed by atoms with van der Waals surface area (Å²) in [6.07, 6.45) is 11.0. The van der Waals surface area contributed by atoms with E-state index in [-0.39, 0.29) is 54.4 Å². The van der Waals surface area contributed by atoms with Crippen LogP contribution in [0.4, 0.5) is 22.7 Å². The fraction of sp³-hybridized carbons (Fsp3) is 0.404. The Kier molecular flexibility index (Phi) is 18.5. The number of carbonyl (C=O) groups is 3. The van der Waals surface area contributed by atoms with Crippen molar-refractivity contribution in [1.82, 2.24) is 0 Å². The number of ether oxygens (including phenoxy) is 2. The molecule has 2 atom stereocenters. The molecule has 1 heterocycles. The number of hydrogen-bond acceptors (Lipinski definition) is 10. The van der Waals surface area contributed by atoms with Crippen molar-refractivity contribution in [1.29, 1.82) is 0 Å². The molecule has 0 saturated carbocycles. The number of anilines is 3. The third-order valence-corrected chi connectivity index (χ3v) is 11.4. The number of amidine groups is 1. The van der Waals surface area contributed by atoms with Crippen molar-refractivity contribution in [2.75, 3.05) is 22.2 Å². The number of hydrazone groups is 1. The number of unbranched alkanes of at least 4 members (excludes halogenated alkanes) is 9. The maximum atomic E-state index is 14.1. The first-order valence-electron chi connectivity index (χ1n) is 21.3. The maximum absolute atomic E-state index is 14.1. The minimum atomic E-state index is -1.35. The molecule has 0 fully saturated rings. The first-order valence-corrected chi connectivity index (χ1v) is 22.8. The van der Waals surface area contributed by atoms with E-state index in [0.717, 1.165) is 30.7 Å². The van der Waals surface area contributed by atoms with Gasteiger partial charge in [-0.15, -0.1) is 5.10 Å². The monoisotopic (exact) mass is 954 g/mol. The molecule has 17 heteroatoms. The van der Waals surface area contributed by atoms with Crippen LogP contribution in [0.25, 0.3) is 0 Å². The van der Waals surface area contributed by atoms with Gasteiger partial charge in [0, 0.05) is 16.3 Å². The number of carbonyl (C=O) groups excluding carboxylic acids is 2. The Hall–Kier alpha value is -5.08. The SMILES string of the molecule is CCCCCCCCCCCCC(Oc1ccc(O)c(C(C)(C)C)c1)C(=O)Nc1ccc(Cl)c(NC2=NN(c3c(Cl)cc(Cl)cc3Cl)C(=O)C2N=Nc2ccc(OCC(=O)O)cc2)c1. The van der Waals surface area contributed by atoms with Crippen molar-refractivity contribution in [2.24, 2.45) is 15.3 Å². The number of hydrogen-bond donors (Lipinski definition) is 4. The van der Waals surface area contributed by atoms with E-state index in [0.29, 0.717) is 34.9 Å². The molecule has 64 heavy (non-hydrogen) atoms. The molecule has 4 aromatic carbocycles. The van der Waals surface area contributed by atoms with Crippen molar-refractivity contribution in [3.8, 4) is 17.2 Å². The van der Waals surface area contributed by atoms with Gasteiger partial charge in [-0.1, -0.05) is 132 Å². The topological polar surface area (TPSA) is 175 Å². The fourth-order valence-corrected chi connectivity index (χ4v) is 8.03.